The van der Waals surface area contributed by atoms with Gasteiger partial charge in [-0.2, -0.15) is 0 Å². The molecule has 0 aliphatic heterocycles. The number of Topliss-reactive ketones (excluding diaryl/α,β-unsaturated/α-hetero) is 1. The molecule has 39 heavy (non-hydrogen) atoms. The van der Waals surface area contributed by atoms with E-state index in [-0.39, 0.29) is 51.6 Å². The number of nitrogens with zero attached hydrogens (tertiary/aromatic N) is 1. The van der Waals surface area contributed by atoms with E-state index < -0.39 is 15.3 Å². The van der Waals surface area contributed by atoms with E-state index in [0.29, 0.717) is 32.8 Å². The van der Waals surface area contributed by atoms with Gasteiger partial charge in [0.1, 0.15) is 5.78 Å². The Morgan fingerprint density at radius 3 is 2.18 bits per heavy atom. The molecular formula is C30H33Cl2NO5S. The van der Waals surface area contributed by atoms with Crippen LogP contribution >= 0.6 is 23.2 Å². The normalized spacial score (nSPS) is 12.8. The minimum atomic E-state index is -3.44. The van der Waals surface area contributed by atoms with Gasteiger partial charge < -0.3 is 4.57 Å². The number of rotatable bonds is 9. The fourth-order valence-electron chi connectivity index (χ4n) is 4.21. The molecule has 0 radical (unpaired) electrons. The van der Waals surface area contributed by atoms with Crippen LogP contribution in [0.1, 0.15) is 74.0 Å². The SMILES string of the molecule is CCS(=O)(=O)Cc1cc(-c2cn(C)c(=O)cc2[C@H](C)CC(=O)C(C)(C)C)c(C(=O)c2ccc(Cl)cc2)cc1Cl. The number of hydrogen-bond donors (Lipinski definition) is 0. The first-order valence-corrected chi connectivity index (χ1v) is 15.2. The van der Waals surface area contributed by atoms with Crippen molar-refractivity contribution < 1.29 is 18.0 Å². The highest BCUT2D eigenvalue weighted by Crippen LogP contribution is 2.37. The summed E-state index contributed by atoms with van der Waals surface area (Å²) in [6, 6.07) is 11.0. The molecule has 3 aromatic rings. The topological polar surface area (TPSA) is 90.3 Å². The third-order valence-corrected chi connectivity index (χ3v) is 9.00. The fourth-order valence-corrected chi connectivity index (χ4v) is 5.56. The van der Waals surface area contributed by atoms with Crippen molar-refractivity contribution in [3.8, 4) is 11.1 Å². The van der Waals surface area contributed by atoms with Gasteiger partial charge in [-0.05, 0) is 59.0 Å². The molecule has 0 aliphatic rings. The van der Waals surface area contributed by atoms with Crippen molar-refractivity contribution in [1.82, 2.24) is 4.57 Å². The largest absolute Gasteiger partial charge is 0.318 e. The molecular weight excluding hydrogens is 557 g/mol. The van der Waals surface area contributed by atoms with Gasteiger partial charge in [0, 0.05) is 63.6 Å². The fraction of sp³-hybridized carbons (Fsp3) is 0.367. The summed E-state index contributed by atoms with van der Waals surface area (Å²) in [4.78, 5) is 39.4. The van der Waals surface area contributed by atoms with Crippen LogP contribution in [-0.4, -0.2) is 30.3 Å². The van der Waals surface area contributed by atoms with Crippen molar-refractivity contribution in [3.05, 3.63) is 91.3 Å². The number of carbonyl (C=O) groups excluding carboxylic acids is 2. The number of pyridine rings is 1. The first-order valence-electron chi connectivity index (χ1n) is 12.6. The zero-order valence-corrected chi connectivity index (χ0v) is 25.3. The van der Waals surface area contributed by atoms with E-state index in [0.717, 1.165) is 0 Å². The van der Waals surface area contributed by atoms with Crippen molar-refractivity contribution in [2.75, 3.05) is 5.75 Å². The molecule has 9 heteroatoms. The van der Waals surface area contributed by atoms with Crippen molar-refractivity contribution in [2.45, 2.75) is 52.7 Å². The van der Waals surface area contributed by atoms with Gasteiger partial charge in [-0.3, -0.25) is 14.4 Å². The molecule has 0 saturated carbocycles. The molecule has 208 valence electrons. The number of benzene rings is 2. The Hall–Kier alpha value is -2.74. The molecule has 0 fully saturated rings. The van der Waals surface area contributed by atoms with E-state index in [1.807, 2.05) is 27.7 Å². The van der Waals surface area contributed by atoms with E-state index in [1.54, 1.807) is 50.5 Å². The second-order valence-electron chi connectivity index (χ2n) is 10.9. The molecule has 6 nitrogen and oxygen atoms in total. The van der Waals surface area contributed by atoms with Crippen LogP contribution in [0.5, 0.6) is 0 Å². The van der Waals surface area contributed by atoms with Gasteiger partial charge in [-0.25, -0.2) is 8.42 Å². The maximum atomic E-state index is 13.8. The molecule has 0 bridgehead atoms. The Bertz CT molecular complexity index is 1580. The van der Waals surface area contributed by atoms with Crippen LogP contribution in [0.25, 0.3) is 11.1 Å². The molecule has 0 N–H and O–H groups in total. The summed E-state index contributed by atoms with van der Waals surface area (Å²) >= 11 is 12.6. The molecule has 0 unspecified atom stereocenters. The molecule has 3 rings (SSSR count). The highest BCUT2D eigenvalue weighted by molar-refractivity contribution is 7.90. The van der Waals surface area contributed by atoms with E-state index in [4.69, 9.17) is 23.2 Å². The van der Waals surface area contributed by atoms with Crippen LogP contribution in [0.2, 0.25) is 10.0 Å². The summed E-state index contributed by atoms with van der Waals surface area (Å²) in [6.07, 6.45) is 1.81. The molecule has 0 amide bonds. The minimum Gasteiger partial charge on any atom is -0.318 e. The third kappa shape index (κ3) is 7.27. The molecule has 0 spiro atoms. The summed E-state index contributed by atoms with van der Waals surface area (Å²) in [5.74, 6) is -1.03. The Morgan fingerprint density at radius 2 is 1.62 bits per heavy atom. The van der Waals surface area contributed by atoms with Crippen molar-refractivity contribution in [3.63, 3.8) is 0 Å². The molecule has 0 saturated heterocycles. The zero-order valence-electron chi connectivity index (χ0n) is 23.0. The van der Waals surface area contributed by atoms with Crippen LogP contribution in [-0.2, 0) is 27.4 Å². The number of aryl methyl sites for hydroxylation is 1. The molecule has 1 atom stereocenters. The first-order chi connectivity index (χ1) is 18.0. The predicted molar refractivity (Wildman–Crippen MR) is 158 cm³/mol. The highest BCUT2D eigenvalue weighted by atomic mass is 35.5. The maximum Gasteiger partial charge on any atom is 0.250 e. The van der Waals surface area contributed by atoms with Gasteiger partial charge >= 0.3 is 0 Å². The van der Waals surface area contributed by atoms with Gasteiger partial charge in [-0.15, -0.1) is 0 Å². The van der Waals surface area contributed by atoms with Crippen LogP contribution in [0, 0.1) is 5.41 Å². The zero-order chi connectivity index (χ0) is 29.3. The Labute approximate surface area is 239 Å². The summed E-state index contributed by atoms with van der Waals surface area (Å²) < 4.78 is 26.4. The maximum absolute atomic E-state index is 13.8. The molecule has 1 heterocycles. The summed E-state index contributed by atoms with van der Waals surface area (Å²) in [7, 11) is -1.84. The monoisotopic (exact) mass is 589 g/mol. The number of hydrogen-bond acceptors (Lipinski definition) is 5. The van der Waals surface area contributed by atoms with Gasteiger partial charge in [-0.1, -0.05) is 57.8 Å². The quantitative estimate of drug-likeness (QED) is 0.261. The van der Waals surface area contributed by atoms with Gasteiger partial charge in [0.2, 0.25) is 0 Å². The van der Waals surface area contributed by atoms with E-state index in [9.17, 15) is 22.8 Å². The Morgan fingerprint density at radius 1 is 1.00 bits per heavy atom. The lowest BCUT2D eigenvalue weighted by atomic mass is 9.81. The minimum absolute atomic E-state index is 0.0323. The molecule has 2 aromatic carbocycles. The third-order valence-electron chi connectivity index (χ3n) is 6.76. The van der Waals surface area contributed by atoms with Crippen LogP contribution in [0.3, 0.4) is 0 Å². The van der Waals surface area contributed by atoms with Crippen LogP contribution in [0.15, 0.2) is 53.5 Å². The molecule has 1 aromatic heterocycles. The summed E-state index contributed by atoms with van der Waals surface area (Å²) in [6.45, 7) is 8.95. The van der Waals surface area contributed by atoms with E-state index in [2.05, 4.69) is 0 Å². The van der Waals surface area contributed by atoms with Crippen LogP contribution < -0.4 is 5.56 Å². The smallest absolute Gasteiger partial charge is 0.250 e. The average molecular weight is 591 g/mol. The van der Waals surface area contributed by atoms with Gasteiger partial charge in [0.05, 0.1) is 5.75 Å². The van der Waals surface area contributed by atoms with Crippen molar-refractivity contribution >= 4 is 44.6 Å². The predicted octanol–water partition coefficient (Wildman–Crippen LogP) is 6.63. The second-order valence-corrected chi connectivity index (χ2v) is 14.1. The Balaban J connectivity index is 2.32. The number of halogens is 2. The highest BCUT2D eigenvalue weighted by Gasteiger charge is 2.27. The van der Waals surface area contributed by atoms with Crippen molar-refractivity contribution in [1.29, 1.82) is 0 Å². The van der Waals surface area contributed by atoms with Crippen molar-refractivity contribution in [2.24, 2.45) is 12.5 Å². The van der Waals surface area contributed by atoms with Crippen LogP contribution in [0.4, 0.5) is 0 Å². The lowest BCUT2D eigenvalue weighted by molar-refractivity contribution is -0.126. The second kappa shape index (κ2) is 11.8. The number of ketones is 2. The lowest BCUT2D eigenvalue weighted by Gasteiger charge is -2.23. The standard InChI is InChI=1S/C30H33Cl2NO5S/c1-7-39(37,38)17-20-13-23(24(14-26(20)32)29(36)19-8-10-21(31)11-9-19)25-16-33(6)28(35)15-22(25)18(2)12-27(34)30(3,4)5/h8-11,13-16,18H,7,12,17H2,1-6H3/t18-/m1/s1. The van der Waals surface area contributed by atoms with E-state index >= 15 is 0 Å². The molecule has 0 aliphatic carbocycles. The lowest BCUT2D eigenvalue weighted by Crippen LogP contribution is -2.23. The number of aromatic nitrogens is 1. The Kier molecular flexibility index (Phi) is 9.31. The number of sulfone groups is 1. The van der Waals surface area contributed by atoms with Gasteiger partial charge in [0.15, 0.2) is 15.6 Å². The van der Waals surface area contributed by atoms with Gasteiger partial charge in [0.25, 0.3) is 5.56 Å². The summed E-state index contributed by atoms with van der Waals surface area (Å²) in [5, 5.41) is 0.623. The summed E-state index contributed by atoms with van der Waals surface area (Å²) in [5.41, 5.74) is 1.70. The first kappa shape index (κ1) is 30.8. The van der Waals surface area contributed by atoms with E-state index in [1.165, 1.54) is 16.7 Å². The average Bonchev–Trinajstić information content (AvgIpc) is 2.85. The number of carbonyl (C=O) groups is 2.